The summed E-state index contributed by atoms with van der Waals surface area (Å²) in [4.78, 5) is 10.7. The molecule has 0 aliphatic heterocycles. The topological polar surface area (TPSA) is 83.6 Å². The lowest BCUT2D eigenvalue weighted by Gasteiger charge is -2.09. The Labute approximate surface area is 81.0 Å². The number of nitrogens with two attached hydrogens (primary N) is 1. The second kappa shape index (κ2) is 2.99. The van der Waals surface area contributed by atoms with Gasteiger partial charge >= 0.3 is 5.97 Å². The van der Waals surface area contributed by atoms with Gasteiger partial charge in [0.2, 0.25) is 0 Å². The largest absolute Gasteiger partial charge is 0.507 e. The Kier molecular flexibility index (Phi) is 1.93. The molecule has 74 valence electrons. The zero-order chi connectivity index (χ0) is 10.3. The minimum Gasteiger partial charge on any atom is -0.507 e. The zero-order valence-corrected chi connectivity index (χ0v) is 7.53. The highest BCUT2D eigenvalue weighted by molar-refractivity contribution is 5.91. The lowest BCUT2D eigenvalue weighted by atomic mass is 10.0. The molecule has 1 aliphatic rings. The molecule has 0 radical (unpaired) electrons. The molecule has 0 fully saturated rings. The second-order valence-corrected chi connectivity index (χ2v) is 3.48. The summed E-state index contributed by atoms with van der Waals surface area (Å²) in [6.07, 6.45) is 1.58. The summed E-state index contributed by atoms with van der Waals surface area (Å²) in [7, 11) is 0. The fourth-order valence-corrected chi connectivity index (χ4v) is 1.91. The summed E-state index contributed by atoms with van der Waals surface area (Å²) in [5, 5.41) is 18.5. The standard InChI is InChI=1S/C10H11NO3/c11-7-4-2-5-1-3-6(10(13)14)9(12)8(5)7/h1,3,7,12H,2,4,11H2,(H,13,14)/t7-/m0/s1. The Bertz CT molecular complexity index is 401. The Balaban J connectivity index is 2.61. The highest BCUT2D eigenvalue weighted by Gasteiger charge is 2.25. The molecule has 0 unspecified atom stereocenters. The van der Waals surface area contributed by atoms with Gasteiger partial charge in [0.25, 0.3) is 0 Å². The van der Waals surface area contributed by atoms with E-state index in [1.807, 2.05) is 0 Å². The summed E-state index contributed by atoms with van der Waals surface area (Å²) >= 11 is 0. The quantitative estimate of drug-likeness (QED) is 0.622. The van der Waals surface area contributed by atoms with Gasteiger partial charge in [-0.15, -0.1) is 0 Å². The van der Waals surface area contributed by atoms with Gasteiger partial charge in [0.05, 0.1) is 0 Å². The monoisotopic (exact) mass is 193 g/mol. The molecule has 1 aromatic carbocycles. The molecule has 4 heteroatoms. The summed E-state index contributed by atoms with van der Waals surface area (Å²) < 4.78 is 0. The van der Waals surface area contributed by atoms with E-state index in [2.05, 4.69) is 0 Å². The van der Waals surface area contributed by atoms with Crippen molar-refractivity contribution in [2.75, 3.05) is 0 Å². The minimum atomic E-state index is -1.12. The second-order valence-electron chi connectivity index (χ2n) is 3.48. The molecule has 4 nitrogen and oxygen atoms in total. The molecule has 2 rings (SSSR count). The molecule has 0 bridgehead atoms. The van der Waals surface area contributed by atoms with Crippen LogP contribution in [0.3, 0.4) is 0 Å². The van der Waals surface area contributed by atoms with Crippen molar-refractivity contribution in [1.29, 1.82) is 0 Å². The first-order valence-corrected chi connectivity index (χ1v) is 4.45. The summed E-state index contributed by atoms with van der Waals surface area (Å²) in [5.41, 5.74) is 7.25. The fourth-order valence-electron chi connectivity index (χ4n) is 1.91. The molecular weight excluding hydrogens is 182 g/mol. The van der Waals surface area contributed by atoms with E-state index in [0.29, 0.717) is 5.56 Å². The van der Waals surface area contributed by atoms with Gasteiger partial charge in [-0.3, -0.25) is 0 Å². The van der Waals surface area contributed by atoms with Crippen LogP contribution in [0.4, 0.5) is 0 Å². The average Bonchev–Trinajstić information content (AvgIpc) is 2.48. The maximum absolute atomic E-state index is 10.7. The smallest absolute Gasteiger partial charge is 0.339 e. The molecule has 0 amide bonds. The first-order chi connectivity index (χ1) is 6.61. The maximum Gasteiger partial charge on any atom is 0.339 e. The number of fused-ring (bicyclic) bond motifs is 1. The van der Waals surface area contributed by atoms with Gasteiger partial charge in [-0.25, -0.2) is 4.79 Å². The van der Waals surface area contributed by atoms with Crippen LogP contribution >= 0.6 is 0 Å². The van der Waals surface area contributed by atoms with E-state index in [1.54, 1.807) is 6.07 Å². The van der Waals surface area contributed by atoms with E-state index in [4.69, 9.17) is 10.8 Å². The molecule has 0 heterocycles. The van der Waals surface area contributed by atoms with E-state index in [1.165, 1.54) is 6.07 Å². The number of hydrogen-bond donors (Lipinski definition) is 3. The summed E-state index contributed by atoms with van der Waals surface area (Å²) in [5.74, 6) is -1.29. The summed E-state index contributed by atoms with van der Waals surface area (Å²) in [6.45, 7) is 0. The Hall–Kier alpha value is -1.55. The van der Waals surface area contributed by atoms with Crippen LogP contribution in [0.15, 0.2) is 12.1 Å². The van der Waals surface area contributed by atoms with E-state index < -0.39 is 5.97 Å². The minimum absolute atomic E-state index is 0.0684. The van der Waals surface area contributed by atoms with Crippen molar-refractivity contribution < 1.29 is 15.0 Å². The number of aryl methyl sites for hydroxylation is 1. The van der Waals surface area contributed by atoms with Crippen molar-refractivity contribution in [3.63, 3.8) is 0 Å². The van der Waals surface area contributed by atoms with Gasteiger partial charge in [0.1, 0.15) is 11.3 Å². The number of aromatic carboxylic acids is 1. The van der Waals surface area contributed by atoms with Crippen LogP contribution in [0, 0.1) is 0 Å². The fraction of sp³-hybridized carbons (Fsp3) is 0.300. The van der Waals surface area contributed by atoms with Crippen LogP contribution < -0.4 is 5.73 Å². The van der Waals surface area contributed by atoms with Crippen molar-refractivity contribution >= 4 is 5.97 Å². The molecular formula is C10H11NO3. The van der Waals surface area contributed by atoms with Gasteiger partial charge in [0.15, 0.2) is 0 Å². The van der Waals surface area contributed by atoms with Crippen LogP contribution in [0.25, 0.3) is 0 Å². The number of hydrogen-bond acceptors (Lipinski definition) is 3. The van der Waals surface area contributed by atoms with Gasteiger partial charge in [-0.05, 0) is 24.5 Å². The zero-order valence-electron chi connectivity index (χ0n) is 7.53. The Morgan fingerprint density at radius 2 is 2.21 bits per heavy atom. The molecule has 0 spiro atoms. The van der Waals surface area contributed by atoms with Crippen molar-refractivity contribution in [3.8, 4) is 5.75 Å². The normalized spacial score (nSPS) is 19.4. The lowest BCUT2D eigenvalue weighted by molar-refractivity contribution is 0.0693. The number of carboxylic acid groups (broad SMARTS) is 1. The van der Waals surface area contributed by atoms with E-state index in [-0.39, 0.29) is 17.4 Å². The molecule has 0 aromatic heterocycles. The van der Waals surface area contributed by atoms with Crippen LogP contribution in [0.2, 0.25) is 0 Å². The molecule has 1 aliphatic carbocycles. The van der Waals surface area contributed by atoms with Gasteiger partial charge in [0, 0.05) is 11.6 Å². The highest BCUT2D eigenvalue weighted by Crippen LogP contribution is 2.37. The average molecular weight is 193 g/mol. The third-order valence-electron chi connectivity index (χ3n) is 2.63. The SMILES string of the molecule is N[C@H]1CCc2ccc(C(=O)O)c(O)c21. The van der Waals surface area contributed by atoms with Gasteiger partial charge in [-0.2, -0.15) is 0 Å². The predicted octanol–water partition coefficient (Wildman–Crippen LogP) is 1.04. The van der Waals surface area contributed by atoms with E-state index in [9.17, 15) is 9.90 Å². The Morgan fingerprint density at radius 3 is 2.86 bits per heavy atom. The first kappa shape index (κ1) is 9.02. The molecule has 1 atom stereocenters. The molecule has 0 saturated heterocycles. The lowest BCUT2D eigenvalue weighted by Crippen LogP contribution is -2.07. The highest BCUT2D eigenvalue weighted by atomic mass is 16.4. The third-order valence-corrected chi connectivity index (χ3v) is 2.63. The van der Waals surface area contributed by atoms with E-state index >= 15 is 0 Å². The van der Waals surface area contributed by atoms with Gasteiger partial charge in [-0.1, -0.05) is 6.07 Å². The number of carboxylic acids is 1. The summed E-state index contributed by atoms with van der Waals surface area (Å²) in [6, 6.07) is 2.92. The van der Waals surface area contributed by atoms with Crippen molar-refractivity contribution in [2.24, 2.45) is 5.73 Å². The maximum atomic E-state index is 10.7. The van der Waals surface area contributed by atoms with Crippen molar-refractivity contribution in [1.82, 2.24) is 0 Å². The number of aromatic hydroxyl groups is 1. The number of phenols is 1. The molecule has 0 saturated carbocycles. The number of benzene rings is 1. The van der Waals surface area contributed by atoms with Crippen LogP contribution in [0.1, 0.15) is 33.9 Å². The van der Waals surface area contributed by atoms with Crippen LogP contribution in [-0.4, -0.2) is 16.2 Å². The predicted molar refractivity (Wildman–Crippen MR) is 50.3 cm³/mol. The van der Waals surface area contributed by atoms with Crippen molar-refractivity contribution in [2.45, 2.75) is 18.9 Å². The van der Waals surface area contributed by atoms with Crippen LogP contribution in [0.5, 0.6) is 5.75 Å². The van der Waals surface area contributed by atoms with Crippen LogP contribution in [-0.2, 0) is 6.42 Å². The number of rotatable bonds is 1. The van der Waals surface area contributed by atoms with E-state index in [0.717, 1.165) is 18.4 Å². The molecule has 14 heavy (non-hydrogen) atoms. The third kappa shape index (κ3) is 1.15. The molecule has 4 N–H and O–H groups in total. The molecule has 1 aromatic rings. The number of carbonyl (C=O) groups is 1. The Morgan fingerprint density at radius 1 is 1.50 bits per heavy atom. The first-order valence-electron chi connectivity index (χ1n) is 4.45. The van der Waals surface area contributed by atoms with Gasteiger partial charge < -0.3 is 15.9 Å². The van der Waals surface area contributed by atoms with Crippen molar-refractivity contribution in [3.05, 3.63) is 28.8 Å².